The molecule has 3 N–H and O–H groups in total. The normalized spacial score (nSPS) is 9.94. The maximum atomic E-state index is 7.29. The molecule has 0 bridgehead atoms. The number of nitrogens with one attached hydrogen (secondary N) is 1. The Morgan fingerprint density at radius 1 is 1.24 bits per heavy atom. The molecular formula is C12H12N4O. The first-order valence-electron chi connectivity index (χ1n) is 5.06. The summed E-state index contributed by atoms with van der Waals surface area (Å²) in [5.74, 6) is 1.13. The molecule has 2 aromatic heterocycles. The standard InChI is InChI=1S/C12H12N4O/c1-8-2-3-10(7-16-8)17-9-4-5-15-11(6-9)12(13)14/h2-7H,1H3,(H3,13,14). The van der Waals surface area contributed by atoms with Crippen molar-refractivity contribution in [2.75, 3.05) is 0 Å². The zero-order chi connectivity index (χ0) is 12.3. The maximum absolute atomic E-state index is 7.29. The summed E-state index contributed by atoms with van der Waals surface area (Å²) in [7, 11) is 0. The van der Waals surface area contributed by atoms with Crippen molar-refractivity contribution in [3.8, 4) is 11.5 Å². The van der Waals surface area contributed by atoms with Crippen molar-refractivity contribution in [1.82, 2.24) is 9.97 Å². The smallest absolute Gasteiger partial charge is 0.145 e. The molecule has 0 spiro atoms. The molecule has 0 aliphatic rings. The topological polar surface area (TPSA) is 84.9 Å². The minimum atomic E-state index is -0.0857. The van der Waals surface area contributed by atoms with Gasteiger partial charge in [0, 0.05) is 18.0 Å². The second kappa shape index (κ2) is 4.61. The maximum Gasteiger partial charge on any atom is 0.145 e. The highest BCUT2D eigenvalue weighted by atomic mass is 16.5. The van der Waals surface area contributed by atoms with E-state index in [0.717, 1.165) is 5.69 Å². The Hall–Kier alpha value is -2.43. The molecule has 0 radical (unpaired) electrons. The van der Waals surface area contributed by atoms with Gasteiger partial charge in [-0.25, -0.2) is 0 Å². The Bertz CT molecular complexity index is 536. The SMILES string of the molecule is Cc1ccc(Oc2ccnc(C(=N)N)c2)cn1. The zero-order valence-electron chi connectivity index (χ0n) is 9.34. The molecule has 86 valence electrons. The second-order valence-electron chi connectivity index (χ2n) is 3.53. The van der Waals surface area contributed by atoms with Gasteiger partial charge in [-0.05, 0) is 25.1 Å². The fourth-order valence-electron chi connectivity index (χ4n) is 1.27. The van der Waals surface area contributed by atoms with Crippen molar-refractivity contribution >= 4 is 5.84 Å². The summed E-state index contributed by atoms with van der Waals surface area (Å²) in [6.45, 7) is 1.91. The van der Waals surface area contributed by atoms with Gasteiger partial charge < -0.3 is 10.5 Å². The number of aryl methyl sites for hydroxylation is 1. The van der Waals surface area contributed by atoms with E-state index in [1.807, 2.05) is 19.1 Å². The van der Waals surface area contributed by atoms with E-state index in [-0.39, 0.29) is 5.84 Å². The van der Waals surface area contributed by atoms with Crippen LogP contribution in [0, 0.1) is 12.3 Å². The largest absolute Gasteiger partial charge is 0.456 e. The van der Waals surface area contributed by atoms with E-state index < -0.39 is 0 Å². The molecule has 0 aliphatic carbocycles. The number of pyridine rings is 2. The summed E-state index contributed by atoms with van der Waals surface area (Å²) in [4.78, 5) is 8.07. The first-order valence-corrected chi connectivity index (χ1v) is 5.06. The molecule has 0 saturated heterocycles. The summed E-state index contributed by atoms with van der Waals surface area (Å²) in [6, 6.07) is 7.01. The van der Waals surface area contributed by atoms with Crippen LogP contribution in [0.4, 0.5) is 0 Å². The lowest BCUT2D eigenvalue weighted by molar-refractivity contribution is 0.479. The van der Waals surface area contributed by atoms with Gasteiger partial charge in [0.25, 0.3) is 0 Å². The molecule has 0 unspecified atom stereocenters. The quantitative estimate of drug-likeness (QED) is 0.620. The van der Waals surface area contributed by atoms with Crippen LogP contribution < -0.4 is 10.5 Å². The van der Waals surface area contributed by atoms with Crippen LogP contribution in [0.1, 0.15) is 11.4 Å². The zero-order valence-corrected chi connectivity index (χ0v) is 9.34. The Labute approximate surface area is 98.8 Å². The molecule has 2 aromatic rings. The van der Waals surface area contributed by atoms with Crippen molar-refractivity contribution in [3.63, 3.8) is 0 Å². The van der Waals surface area contributed by atoms with Crippen LogP contribution in [0.3, 0.4) is 0 Å². The molecule has 5 heteroatoms. The number of nitrogen functional groups attached to an aromatic ring is 1. The average molecular weight is 228 g/mol. The first kappa shape index (κ1) is 11.1. The van der Waals surface area contributed by atoms with Crippen LogP contribution in [-0.2, 0) is 0 Å². The fraction of sp³-hybridized carbons (Fsp3) is 0.0833. The number of ether oxygens (including phenoxy) is 1. The van der Waals surface area contributed by atoms with Crippen LogP contribution in [0.5, 0.6) is 11.5 Å². The highest BCUT2D eigenvalue weighted by molar-refractivity contribution is 5.93. The molecule has 0 aliphatic heterocycles. The molecule has 2 heterocycles. The highest BCUT2D eigenvalue weighted by Gasteiger charge is 2.02. The minimum Gasteiger partial charge on any atom is -0.456 e. The van der Waals surface area contributed by atoms with Crippen molar-refractivity contribution in [2.45, 2.75) is 6.92 Å². The fourth-order valence-corrected chi connectivity index (χ4v) is 1.27. The van der Waals surface area contributed by atoms with Gasteiger partial charge >= 0.3 is 0 Å². The average Bonchev–Trinajstić information content (AvgIpc) is 2.32. The van der Waals surface area contributed by atoms with Gasteiger partial charge in [-0.2, -0.15) is 0 Å². The lowest BCUT2D eigenvalue weighted by Crippen LogP contribution is -2.12. The summed E-state index contributed by atoms with van der Waals surface area (Å²) in [6.07, 6.45) is 3.19. The van der Waals surface area contributed by atoms with Gasteiger partial charge in [-0.15, -0.1) is 0 Å². The van der Waals surface area contributed by atoms with Gasteiger partial charge in [0.1, 0.15) is 23.0 Å². The molecule has 17 heavy (non-hydrogen) atoms. The van der Waals surface area contributed by atoms with E-state index >= 15 is 0 Å². The number of amidine groups is 1. The molecular weight excluding hydrogens is 216 g/mol. The van der Waals surface area contributed by atoms with Gasteiger partial charge in [0.15, 0.2) is 0 Å². The predicted molar refractivity (Wildman–Crippen MR) is 64.3 cm³/mol. The monoisotopic (exact) mass is 228 g/mol. The van der Waals surface area contributed by atoms with E-state index in [1.54, 1.807) is 24.5 Å². The van der Waals surface area contributed by atoms with E-state index in [9.17, 15) is 0 Å². The van der Waals surface area contributed by atoms with Gasteiger partial charge in [0.2, 0.25) is 0 Å². The summed E-state index contributed by atoms with van der Waals surface area (Å²) in [5.41, 5.74) is 6.67. The van der Waals surface area contributed by atoms with Crippen molar-refractivity contribution in [3.05, 3.63) is 48.0 Å². The van der Waals surface area contributed by atoms with E-state index in [4.69, 9.17) is 15.9 Å². The third-order valence-electron chi connectivity index (χ3n) is 2.13. The Morgan fingerprint density at radius 2 is 2.06 bits per heavy atom. The number of hydrogen-bond donors (Lipinski definition) is 2. The third kappa shape index (κ3) is 2.78. The molecule has 0 aromatic carbocycles. The lowest BCUT2D eigenvalue weighted by Gasteiger charge is -2.06. The molecule has 5 nitrogen and oxygen atoms in total. The van der Waals surface area contributed by atoms with Crippen LogP contribution >= 0.6 is 0 Å². The third-order valence-corrected chi connectivity index (χ3v) is 2.13. The number of hydrogen-bond acceptors (Lipinski definition) is 4. The summed E-state index contributed by atoms with van der Waals surface area (Å²) in [5, 5.41) is 7.29. The highest BCUT2D eigenvalue weighted by Crippen LogP contribution is 2.20. The Morgan fingerprint density at radius 3 is 2.71 bits per heavy atom. The molecule has 2 rings (SSSR count). The number of nitrogens with zero attached hydrogens (tertiary/aromatic N) is 2. The van der Waals surface area contributed by atoms with Crippen molar-refractivity contribution in [1.29, 1.82) is 5.41 Å². The van der Waals surface area contributed by atoms with Crippen LogP contribution in [0.15, 0.2) is 36.7 Å². The van der Waals surface area contributed by atoms with E-state index in [0.29, 0.717) is 17.2 Å². The lowest BCUT2D eigenvalue weighted by atomic mass is 10.3. The second-order valence-corrected chi connectivity index (χ2v) is 3.53. The van der Waals surface area contributed by atoms with Gasteiger partial charge in [-0.1, -0.05) is 0 Å². The van der Waals surface area contributed by atoms with Crippen molar-refractivity contribution in [2.24, 2.45) is 5.73 Å². The van der Waals surface area contributed by atoms with Crippen LogP contribution in [0.25, 0.3) is 0 Å². The summed E-state index contributed by atoms with van der Waals surface area (Å²) < 4.78 is 5.57. The van der Waals surface area contributed by atoms with Crippen LogP contribution in [-0.4, -0.2) is 15.8 Å². The molecule has 0 fully saturated rings. The first-order chi connectivity index (χ1) is 8.15. The number of rotatable bonds is 3. The number of nitrogens with two attached hydrogens (primary N) is 1. The van der Waals surface area contributed by atoms with E-state index in [2.05, 4.69) is 9.97 Å². The van der Waals surface area contributed by atoms with Gasteiger partial charge in [-0.3, -0.25) is 15.4 Å². The minimum absolute atomic E-state index is 0.0857. The molecule has 0 atom stereocenters. The molecule has 0 saturated carbocycles. The number of aromatic nitrogens is 2. The van der Waals surface area contributed by atoms with E-state index in [1.165, 1.54) is 0 Å². The summed E-state index contributed by atoms with van der Waals surface area (Å²) >= 11 is 0. The molecule has 0 amide bonds. The van der Waals surface area contributed by atoms with Crippen LogP contribution in [0.2, 0.25) is 0 Å². The Balaban J connectivity index is 2.21. The van der Waals surface area contributed by atoms with Gasteiger partial charge in [0.05, 0.1) is 6.20 Å². The predicted octanol–water partition coefficient (Wildman–Crippen LogP) is 1.86. The van der Waals surface area contributed by atoms with Crippen molar-refractivity contribution < 1.29 is 4.74 Å². The Kier molecular flexibility index (Phi) is 3.00.